The van der Waals surface area contributed by atoms with Gasteiger partial charge >= 0.3 is 5.97 Å². The molecule has 0 bridgehead atoms. The van der Waals surface area contributed by atoms with Gasteiger partial charge in [0.1, 0.15) is 0 Å². The van der Waals surface area contributed by atoms with Crippen LogP contribution in [0.15, 0.2) is 24.3 Å². The van der Waals surface area contributed by atoms with Crippen LogP contribution in [0.3, 0.4) is 0 Å². The summed E-state index contributed by atoms with van der Waals surface area (Å²) in [5.41, 5.74) is 1.77. The van der Waals surface area contributed by atoms with E-state index in [-0.39, 0.29) is 5.97 Å². The smallest absolute Gasteiger partial charge is 0.337 e. The monoisotopic (exact) mass is 262 g/mol. The van der Waals surface area contributed by atoms with Crippen molar-refractivity contribution >= 4 is 11.7 Å². The number of piperazine rings is 1. The summed E-state index contributed by atoms with van der Waals surface area (Å²) in [6, 6.07) is 8.18. The van der Waals surface area contributed by atoms with Gasteiger partial charge in [0.25, 0.3) is 0 Å². The molecule has 0 spiro atoms. The van der Waals surface area contributed by atoms with Gasteiger partial charge in [-0.05, 0) is 30.2 Å². The number of rotatable bonds is 3. The molecule has 0 saturated carbocycles. The van der Waals surface area contributed by atoms with E-state index < -0.39 is 0 Å². The molecular weight excluding hydrogens is 240 g/mol. The minimum atomic E-state index is -0.285. The van der Waals surface area contributed by atoms with Crippen molar-refractivity contribution in [3.63, 3.8) is 0 Å². The predicted octanol–water partition coefficient (Wildman–Crippen LogP) is 1.91. The Labute approximate surface area is 114 Å². The third-order valence-corrected chi connectivity index (χ3v) is 3.67. The van der Waals surface area contributed by atoms with Crippen molar-refractivity contribution in [3.05, 3.63) is 29.8 Å². The highest BCUT2D eigenvalue weighted by Crippen LogP contribution is 2.23. The Kier molecular flexibility index (Phi) is 4.43. The summed E-state index contributed by atoms with van der Waals surface area (Å²) in [6.45, 7) is 7.50. The maximum absolute atomic E-state index is 11.4. The van der Waals surface area contributed by atoms with E-state index in [0.29, 0.717) is 17.5 Å². The molecule has 19 heavy (non-hydrogen) atoms. The summed E-state index contributed by atoms with van der Waals surface area (Å²) in [6.07, 6.45) is 0. The van der Waals surface area contributed by atoms with Gasteiger partial charge in [-0.3, -0.25) is 0 Å². The Balaban J connectivity index is 2.18. The molecule has 0 radical (unpaired) electrons. The molecule has 1 fully saturated rings. The van der Waals surface area contributed by atoms with E-state index in [2.05, 4.69) is 24.1 Å². The number of nitrogens with zero attached hydrogens (tertiary/aromatic N) is 1. The summed E-state index contributed by atoms with van der Waals surface area (Å²) < 4.78 is 4.72. The lowest BCUT2D eigenvalue weighted by molar-refractivity contribution is 0.0601. The largest absolute Gasteiger partial charge is 0.465 e. The Hall–Kier alpha value is -1.55. The van der Waals surface area contributed by atoms with Crippen LogP contribution in [0.2, 0.25) is 0 Å². The molecule has 0 aliphatic carbocycles. The number of carbonyl (C=O) groups is 1. The Morgan fingerprint density at radius 1 is 1.37 bits per heavy atom. The summed E-state index contributed by atoms with van der Waals surface area (Å²) in [5.74, 6) is 0.306. The van der Waals surface area contributed by atoms with Crippen LogP contribution in [0.1, 0.15) is 24.2 Å². The van der Waals surface area contributed by atoms with E-state index >= 15 is 0 Å². The minimum absolute atomic E-state index is 0.285. The standard InChI is InChI=1S/C15H22N2O2/c1-11(2)14-10-16-8-9-17(14)13-6-4-12(5-7-13)15(18)19-3/h4-7,11,14,16H,8-10H2,1-3H3/t14-/m0/s1. The van der Waals surface area contributed by atoms with Crippen LogP contribution in [-0.2, 0) is 4.74 Å². The van der Waals surface area contributed by atoms with Crippen molar-refractivity contribution in [2.75, 3.05) is 31.6 Å². The normalized spacial score (nSPS) is 19.6. The van der Waals surface area contributed by atoms with Gasteiger partial charge in [-0.25, -0.2) is 4.79 Å². The van der Waals surface area contributed by atoms with Crippen molar-refractivity contribution < 1.29 is 9.53 Å². The van der Waals surface area contributed by atoms with Gasteiger partial charge in [-0.1, -0.05) is 13.8 Å². The lowest BCUT2D eigenvalue weighted by atomic mass is 9.99. The lowest BCUT2D eigenvalue weighted by Crippen LogP contribution is -2.53. The van der Waals surface area contributed by atoms with Crippen molar-refractivity contribution in [2.24, 2.45) is 5.92 Å². The molecule has 1 aliphatic rings. The highest BCUT2D eigenvalue weighted by Gasteiger charge is 2.25. The van der Waals surface area contributed by atoms with Gasteiger partial charge in [0.05, 0.1) is 12.7 Å². The predicted molar refractivity (Wildman–Crippen MR) is 76.6 cm³/mol. The number of hydrogen-bond donors (Lipinski definition) is 1. The van der Waals surface area contributed by atoms with Crippen molar-refractivity contribution in [1.82, 2.24) is 5.32 Å². The van der Waals surface area contributed by atoms with Crippen molar-refractivity contribution in [1.29, 1.82) is 0 Å². The van der Waals surface area contributed by atoms with Crippen molar-refractivity contribution in [2.45, 2.75) is 19.9 Å². The zero-order valence-electron chi connectivity index (χ0n) is 11.8. The minimum Gasteiger partial charge on any atom is -0.465 e. The Morgan fingerprint density at radius 3 is 2.63 bits per heavy atom. The first-order valence-electron chi connectivity index (χ1n) is 6.79. The molecule has 0 amide bonds. The van der Waals surface area contributed by atoms with Crippen LogP contribution in [0.5, 0.6) is 0 Å². The second kappa shape index (κ2) is 6.06. The lowest BCUT2D eigenvalue weighted by Gasteiger charge is -2.40. The molecule has 1 heterocycles. The highest BCUT2D eigenvalue weighted by molar-refractivity contribution is 5.89. The van der Waals surface area contributed by atoms with Crippen LogP contribution < -0.4 is 10.2 Å². The number of benzene rings is 1. The van der Waals surface area contributed by atoms with Gasteiger partial charge in [-0.15, -0.1) is 0 Å². The zero-order chi connectivity index (χ0) is 13.8. The zero-order valence-corrected chi connectivity index (χ0v) is 11.8. The molecule has 0 aromatic heterocycles. The van der Waals surface area contributed by atoms with E-state index in [4.69, 9.17) is 4.74 Å². The average molecular weight is 262 g/mol. The summed E-state index contributed by atoms with van der Waals surface area (Å²) in [7, 11) is 1.40. The van der Waals surface area contributed by atoms with E-state index in [1.165, 1.54) is 12.8 Å². The van der Waals surface area contributed by atoms with E-state index in [9.17, 15) is 4.79 Å². The molecule has 2 rings (SSSR count). The van der Waals surface area contributed by atoms with Gasteiger partial charge in [0, 0.05) is 31.4 Å². The molecule has 104 valence electrons. The first kappa shape index (κ1) is 13.9. The van der Waals surface area contributed by atoms with Gasteiger partial charge in [0.2, 0.25) is 0 Å². The second-order valence-electron chi connectivity index (χ2n) is 5.25. The van der Waals surface area contributed by atoms with Crippen LogP contribution >= 0.6 is 0 Å². The van der Waals surface area contributed by atoms with Crippen LogP contribution in [0.4, 0.5) is 5.69 Å². The number of anilines is 1. The molecule has 4 nitrogen and oxygen atoms in total. The van der Waals surface area contributed by atoms with Crippen LogP contribution in [0, 0.1) is 5.92 Å². The summed E-state index contributed by atoms with van der Waals surface area (Å²) >= 11 is 0. The molecule has 1 aromatic rings. The first-order valence-corrected chi connectivity index (χ1v) is 6.79. The number of ether oxygens (including phenoxy) is 1. The van der Waals surface area contributed by atoms with Crippen molar-refractivity contribution in [3.8, 4) is 0 Å². The molecule has 1 atom stereocenters. The molecule has 1 N–H and O–H groups in total. The van der Waals surface area contributed by atoms with Gasteiger partial charge < -0.3 is 15.0 Å². The maximum atomic E-state index is 11.4. The van der Waals surface area contributed by atoms with Crippen LogP contribution in [-0.4, -0.2) is 38.8 Å². The Bertz CT molecular complexity index is 428. The van der Waals surface area contributed by atoms with E-state index in [1.807, 2.05) is 24.3 Å². The fourth-order valence-corrected chi connectivity index (χ4v) is 2.55. The first-order chi connectivity index (χ1) is 9.13. The average Bonchev–Trinajstić information content (AvgIpc) is 2.46. The molecule has 1 saturated heterocycles. The summed E-state index contributed by atoms with van der Waals surface area (Å²) in [4.78, 5) is 13.8. The fourth-order valence-electron chi connectivity index (χ4n) is 2.55. The molecule has 1 aromatic carbocycles. The number of hydrogen-bond acceptors (Lipinski definition) is 4. The van der Waals surface area contributed by atoms with E-state index in [1.54, 1.807) is 0 Å². The topological polar surface area (TPSA) is 41.6 Å². The highest BCUT2D eigenvalue weighted by atomic mass is 16.5. The van der Waals surface area contributed by atoms with E-state index in [0.717, 1.165) is 19.6 Å². The van der Waals surface area contributed by atoms with Gasteiger partial charge in [0.15, 0.2) is 0 Å². The Morgan fingerprint density at radius 2 is 2.05 bits per heavy atom. The fraction of sp³-hybridized carbons (Fsp3) is 0.533. The molecule has 1 aliphatic heterocycles. The molecule has 4 heteroatoms. The SMILES string of the molecule is COC(=O)c1ccc(N2CCNC[C@H]2C(C)C)cc1. The van der Waals surface area contributed by atoms with Crippen LogP contribution in [0.25, 0.3) is 0 Å². The molecule has 0 unspecified atom stereocenters. The number of carbonyl (C=O) groups excluding carboxylic acids is 1. The third kappa shape index (κ3) is 3.07. The maximum Gasteiger partial charge on any atom is 0.337 e. The molecular formula is C15H22N2O2. The second-order valence-corrected chi connectivity index (χ2v) is 5.25. The number of nitrogens with one attached hydrogen (secondary N) is 1. The number of esters is 1. The summed E-state index contributed by atoms with van der Waals surface area (Å²) in [5, 5.41) is 3.44. The van der Waals surface area contributed by atoms with Gasteiger partial charge in [-0.2, -0.15) is 0 Å². The third-order valence-electron chi connectivity index (χ3n) is 3.67. The quantitative estimate of drug-likeness (QED) is 0.845. The number of methoxy groups -OCH3 is 1.